The van der Waals surface area contributed by atoms with Crippen LogP contribution < -0.4 is 15.1 Å². The van der Waals surface area contributed by atoms with Crippen molar-refractivity contribution in [2.24, 2.45) is 5.92 Å². The number of anilines is 4. The predicted octanol–water partition coefficient (Wildman–Crippen LogP) is 2.69. The summed E-state index contributed by atoms with van der Waals surface area (Å²) in [6, 6.07) is 3.72. The Morgan fingerprint density at radius 2 is 1.93 bits per heavy atom. The van der Waals surface area contributed by atoms with Crippen LogP contribution in [0.3, 0.4) is 0 Å². The first-order valence-corrected chi connectivity index (χ1v) is 15.4. The summed E-state index contributed by atoms with van der Waals surface area (Å²) in [6.07, 6.45) is 3.18. The van der Waals surface area contributed by atoms with Gasteiger partial charge in [-0.15, -0.1) is 0 Å². The SMILES string of the molecule is CO[C@H]1CN(c2nccc(Nc3cc4c(C(C)C)cnc(N5C[C@H](CS(C)(=O)=O)[C@H]5C)c4cn3)n2)C[C@@H](F)[C@H]1O. The molecule has 11 nitrogen and oxygen atoms in total. The third-order valence-electron chi connectivity index (χ3n) is 7.83. The normalized spacial score (nSPS) is 25.4. The van der Waals surface area contributed by atoms with Crippen molar-refractivity contribution in [3.63, 3.8) is 0 Å². The maximum absolute atomic E-state index is 14.4. The van der Waals surface area contributed by atoms with E-state index in [4.69, 9.17) is 9.72 Å². The van der Waals surface area contributed by atoms with Crippen molar-refractivity contribution in [1.29, 1.82) is 0 Å². The zero-order chi connectivity index (χ0) is 28.8. The van der Waals surface area contributed by atoms with Gasteiger partial charge in [0.1, 0.15) is 45.7 Å². The molecule has 0 spiro atoms. The molecule has 2 fully saturated rings. The number of aliphatic hydroxyl groups excluding tert-OH is 1. The van der Waals surface area contributed by atoms with Gasteiger partial charge in [0.2, 0.25) is 5.95 Å². The third-order valence-corrected chi connectivity index (χ3v) is 8.86. The minimum Gasteiger partial charge on any atom is -0.387 e. The molecule has 0 aliphatic carbocycles. The Labute approximate surface area is 233 Å². The Morgan fingerprint density at radius 1 is 1.15 bits per heavy atom. The van der Waals surface area contributed by atoms with Crippen LogP contribution in [0.1, 0.15) is 32.3 Å². The van der Waals surface area contributed by atoms with E-state index >= 15 is 0 Å². The molecule has 2 N–H and O–H groups in total. The Hall–Kier alpha value is -3.16. The summed E-state index contributed by atoms with van der Waals surface area (Å²) in [7, 11) is -1.61. The number of sulfone groups is 1. The second kappa shape index (κ2) is 11.0. The lowest BCUT2D eigenvalue weighted by Gasteiger charge is -2.47. The highest BCUT2D eigenvalue weighted by molar-refractivity contribution is 7.90. The van der Waals surface area contributed by atoms with Crippen molar-refractivity contribution in [1.82, 2.24) is 19.9 Å². The molecule has 0 unspecified atom stereocenters. The van der Waals surface area contributed by atoms with Gasteiger partial charge in [-0.1, -0.05) is 13.8 Å². The summed E-state index contributed by atoms with van der Waals surface area (Å²) in [5, 5.41) is 15.2. The zero-order valence-electron chi connectivity index (χ0n) is 23.3. The fraction of sp³-hybridized carbons (Fsp3) is 0.556. The number of aliphatic hydroxyl groups is 1. The predicted molar refractivity (Wildman–Crippen MR) is 153 cm³/mol. The number of piperidine rings is 1. The molecule has 2 aliphatic rings. The Balaban J connectivity index is 1.41. The number of methoxy groups -OCH3 is 1. The molecule has 5 atom stereocenters. The number of hydrogen-bond donors (Lipinski definition) is 2. The van der Waals surface area contributed by atoms with E-state index in [1.54, 1.807) is 23.4 Å². The number of rotatable bonds is 8. The number of halogens is 1. The highest BCUT2D eigenvalue weighted by Crippen LogP contribution is 2.38. The molecule has 0 radical (unpaired) electrons. The van der Waals surface area contributed by atoms with E-state index in [0.29, 0.717) is 24.1 Å². The van der Waals surface area contributed by atoms with E-state index in [-0.39, 0.29) is 36.7 Å². The first kappa shape index (κ1) is 28.4. The van der Waals surface area contributed by atoms with Crippen LogP contribution in [0.4, 0.5) is 27.8 Å². The molecule has 3 aromatic rings. The van der Waals surface area contributed by atoms with Gasteiger partial charge in [0, 0.05) is 62.4 Å². The summed E-state index contributed by atoms with van der Waals surface area (Å²) in [4.78, 5) is 22.1. The fourth-order valence-electron chi connectivity index (χ4n) is 5.48. The molecule has 5 heterocycles. The van der Waals surface area contributed by atoms with Gasteiger partial charge >= 0.3 is 0 Å². The van der Waals surface area contributed by atoms with Crippen LogP contribution in [0.5, 0.6) is 0 Å². The number of hydrogen-bond acceptors (Lipinski definition) is 11. The highest BCUT2D eigenvalue weighted by Gasteiger charge is 2.39. The Morgan fingerprint density at radius 3 is 2.60 bits per heavy atom. The number of alkyl halides is 1. The average molecular weight is 574 g/mol. The lowest BCUT2D eigenvalue weighted by Crippen LogP contribution is -2.57. The maximum Gasteiger partial charge on any atom is 0.227 e. The van der Waals surface area contributed by atoms with Crippen molar-refractivity contribution in [2.45, 2.75) is 51.1 Å². The molecule has 13 heteroatoms. The quantitative estimate of drug-likeness (QED) is 0.412. The van der Waals surface area contributed by atoms with E-state index in [1.165, 1.54) is 13.4 Å². The van der Waals surface area contributed by atoms with Gasteiger partial charge in [-0.2, -0.15) is 4.98 Å². The smallest absolute Gasteiger partial charge is 0.227 e. The highest BCUT2D eigenvalue weighted by atomic mass is 32.2. The molecule has 3 aromatic heterocycles. The number of pyridine rings is 2. The fourth-order valence-corrected chi connectivity index (χ4v) is 6.64. The van der Waals surface area contributed by atoms with Gasteiger partial charge in [0.05, 0.1) is 12.3 Å². The number of fused-ring (bicyclic) bond motifs is 1. The van der Waals surface area contributed by atoms with Crippen LogP contribution in [0.15, 0.2) is 30.7 Å². The summed E-state index contributed by atoms with van der Waals surface area (Å²) >= 11 is 0. The van der Waals surface area contributed by atoms with Crippen LogP contribution in [0.25, 0.3) is 10.8 Å². The second-order valence-corrected chi connectivity index (χ2v) is 13.3. The van der Waals surface area contributed by atoms with E-state index in [2.05, 4.69) is 39.0 Å². The van der Waals surface area contributed by atoms with Crippen molar-refractivity contribution in [3.8, 4) is 0 Å². The van der Waals surface area contributed by atoms with Gasteiger partial charge in [-0.3, -0.25) is 0 Å². The largest absolute Gasteiger partial charge is 0.387 e. The zero-order valence-corrected chi connectivity index (χ0v) is 24.1. The molecular formula is C27H36FN7O4S. The number of nitrogens with zero attached hydrogens (tertiary/aromatic N) is 6. The van der Waals surface area contributed by atoms with Crippen molar-refractivity contribution < 1.29 is 22.7 Å². The number of aromatic nitrogens is 4. The van der Waals surface area contributed by atoms with Gasteiger partial charge in [0.15, 0.2) is 0 Å². The van der Waals surface area contributed by atoms with Crippen molar-refractivity contribution in [3.05, 3.63) is 36.3 Å². The first-order chi connectivity index (χ1) is 18.9. The summed E-state index contributed by atoms with van der Waals surface area (Å²) < 4.78 is 43.3. The van der Waals surface area contributed by atoms with Crippen LogP contribution in [0.2, 0.25) is 0 Å². The van der Waals surface area contributed by atoms with Gasteiger partial charge < -0.3 is 25.0 Å². The van der Waals surface area contributed by atoms with E-state index in [0.717, 1.165) is 22.2 Å². The van der Waals surface area contributed by atoms with Crippen LogP contribution in [-0.4, -0.2) is 96.6 Å². The van der Waals surface area contributed by atoms with Crippen LogP contribution in [-0.2, 0) is 14.6 Å². The molecule has 5 rings (SSSR count). The molecule has 0 saturated carbocycles. The van der Waals surface area contributed by atoms with Gasteiger partial charge in [-0.25, -0.2) is 27.8 Å². The maximum atomic E-state index is 14.4. The monoisotopic (exact) mass is 573 g/mol. The second-order valence-electron chi connectivity index (χ2n) is 11.1. The Kier molecular flexibility index (Phi) is 7.81. The molecule has 2 aliphatic heterocycles. The Bertz CT molecular complexity index is 1490. The van der Waals surface area contributed by atoms with Crippen molar-refractivity contribution >= 4 is 44.0 Å². The molecule has 2 saturated heterocycles. The lowest BCUT2D eigenvalue weighted by molar-refractivity contribution is -0.0582. The van der Waals surface area contributed by atoms with Gasteiger partial charge in [0.25, 0.3) is 0 Å². The molecular weight excluding hydrogens is 537 g/mol. The van der Waals surface area contributed by atoms with Crippen LogP contribution >= 0.6 is 0 Å². The minimum atomic E-state index is -3.06. The van der Waals surface area contributed by atoms with E-state index in [1.807, 2.05) is 19.2 Å². The summed E-state index contributed by atoms with van der Waals surface area (Å²) in [5.41, 5.74) is 1.07. The minimum absolute atomic E-state index is 0.0355. The molecule has 0 amide bonds. The lowest BCUT2D eigenvalue weighted by atomic mass is 9.90. The van der Waals surface area contributed by atoms with Crippen LogP contribution in [0, 0.1) is 5.92 Å². The topological polar surface area (TPSA) is 134 Å². The molecule has 40 heavy (non-hydrogen) atoms. The third kappa shape index (κ3) is 5.68. The summed E-state index contributed by atoms with van der Waals surface area (Å²) in [5.74, 6) is 2.63. The molecule has 0 bridgehead atoms. The molecule has 216 valence electrons. The summed E-state index contributed by atoms with van der Waals surface area (Å²) in [6.45, 7) is 7.10. The van der Waals surface area contributed by atoms with Gasteiger partial charge in [-0.05, 0) is 35.9 Å². The number of nitrogens with one attached hydrogen (secondary N) is 1. The van der Waals surface area contributed by atoms with E-state index in [9.17, 15) is 17.9 Å². The molecule has 0 aromatic carbocycles. The number of ether oxygens (including phenoxy) is 1. The van der Waals surface area contributed by atoms with Crippen molar-refractivity contribution in [2.75, 3.05) is 53.9 Å². The average Bonchev–Trinajstić information content (AvgIpc) is 2.91. The first-order valence-electron chi connectivity index (χ1n) is 13.4. The standard InChI is InChI=1S/C27H36FN7O4S/c1-15(2)19-9-31-26(35-11-17(16(35)3)14-40(5,37)38)20-10-30-24(8-18(19)20)32-23-6-7-29-27(33-23)34-12-21(28)25(36)22(13-34)39-4/h6-10,15-17,21-22,25,36H,11-14H2,1-5H3,(H,29,30,32,33)/t16-,17-,21-,22+,25-/m1/s1. The van der Waals surface area contributed by atoms with E-state index < -0.39 is 28.2 Å².